The molecular weight excluding hydrogens is 547 g/mol. The van der Waals surface area contributed by atoms with Crippen molar-refractivity contribution in [3.05, 3.63) is 93.5 Å². The van der Waals surface area contributed by atoms with Gasteiger partial charge in [-0.05, 0) is 49.2 Å². The molecule has 0 aromatic heterocycles. The number of piperidine rings is 1. The van der Waals surface area contributed by atoms with Crippen LogP contribution in [0.3, 0.4) is 0 Å². The van der Waals surface area contributed by atoms with E-state index < -0.39 is 11.5 Å². The van der Waals surface area contributed by atoms with E-state index in [1.807, 2.05) is 75.4 Å². The van der Waals surface area contributed by atoms with Gasteiger partial charge in [-0.15, -0.1) is 0 Å². The third-order valence-electron chi connectivity index (χ3n) is 7.33. The second-order valence-electron chi connectivity index (χ2n) is 9.88. The molecule has 3 aliphatic rings. The van der Waals surface area contributed by atoms with Crippen LogP contribution in [0.2, 0.25) is 10.0 Å². The van der Waals surface area contributed by atoms with E-state index in [0.29, 0.717) is 36.1 Å². The van der Waals surface area contributed by atoms with E-state index in [2.05, 4.69) is 10.6 Å². The summed E-state index contributed by atoms with van der Waals surface area (Å²) in [6, 6.07) is 20.3. The maximum Gasteiger partial charge on any atom is 0.237 e. The summed E-state index contributed by atoms with van der Waals surface area (Å²) < 4.78 is 11.8. The largest absolute Gasteiger partial charge is 0.490 e. The number of ether oxygens (including phenoxy) is 2. The van der Waals surface area contributed by atoms with Crippen molar-refractivity contribution < 1.29 is 19.1 Å². The zero-order chi connectivity index (χ0) is 28.7. The van der Waals surface area contributed by atoms with Gasteiger partial charge < -0.3 is 20.1 Å². The Morgan fingerprint density at radius 2 is 1.65 bits per heavy atom. The lowest BCUT2D eigenvalue weighted by Crippen LogP contribution is -2.52. The van der Waals surface area contributed by atoms with Crippen LogP contribution in [0.15, 0.2) is 66.7 Å². The predicted molar refractivity (Wildman–Crippen MR) is 160 cm³/mol. The minimum absolute atomic E-state index is 0.0499. The number of hydrogen-bond donors (Lipinski definition) is 2. The molecule has 2 N–H and O–H groups in total. The fourth-order valence-corrected chi connectivity index (χ4v) is 5.76. The van der Waals surface area contributed by atoms with Crippen molar-refractivity contribution in [2.45, 2.75) is 64.0 Å². The first-order valence-electron chi connectivity index (χ1n) is 13.8. The number of hydrogen-bond acceptors (Lipinski definition) is 4. The molecule has 0 bridgehead atoms. The van der Waals surface area contributed by atoms with Gasteiger partial charge in [-0.2, -0.15) is 0 Å². The Morgan fingerprint density at radius 3 is 2.33 bits per heavy atom. The summed E-state index contributed by atoms with van der Waals surface area (Å²) in [5.74, 6) is 0.525. The maximum absolute atomic E-state index is 13.4. The molecule has 0 unspecified atom stereocenters. The van der Waals surface area contributed by atoms with Crippen LogP contribution in [-0.4, -0.2) is 31.1 Å². The van der Waals surface area contributed by atoms with Crippen LogP contribution in [0.4, 0.5) is 5.69 Å². The molecule has 212 valence electrons. The van der Waals surface area contributed by atoms with E-state index in [1.165, 1.54) is 0 Å². The van der Waals surface area contributed by atoms with Gasteiger partial charge in [-0.25, -0.2) is 0 Å². The number of benzene rings is 3. The van der Waals surface area contributed by atoms with Gasteiger partial charge in [0.15, 0.2) is 0 Å². The first kappa shape index (κ1) is 29.9. The van der Waals surface area contributed by atoms with Crippen molar-refractivity contribution in [2.75, 3.05) is 18.5 Å². The molecule has 3 heterocycles. The van der Waals surface area contributed by atoms with Gasteiger partial charge in [-0.1, -0.05) is 79.0 Å². The van der Waals surface area contributed by atoms with Crippen molar-refractivity contribution in [3.8, 4) is 5.75 Å². The standard InChI is InChI=1S/C24H25ClN2O4.C6H5Cl.C2H6/c1-14-2-5-20(31-16-7-10-30-11-8-16)17(12-14)22-24(9-6-21(28)27-22)18-4-3-15(25)13-19(18)26-23(24)29;7-6-4-2-1-3-5-6;1-2/h2-5,12-13,16,22H,6-11H2,1H3,(H,26,29)(H,27,28);1-5H;1-2H3/t22-,24-;;/m1../s1. The first-order valence-corrected chi connectivity index (χ1v) is 14.6. The number of fused-ring (bicyclic) bond motifs is 2. The number of halogens is 2. The number of carbonyl (C=O) groups excluding carboxylic acids is 2. The third kappa shape index (κ3) is 6.46. The van der Waals surface area contributed by atoms with Crippen molar-refractivity contribution in [1.82, 2.24) is 5.32 Å². The quantitative estimate of drug-likeness (QED) is 0.337. The first-order chi connectivity index (χ1) is 19.4. The van der Waals surface area contributed by atoms with Gasteiger partial charge in [0.05, 0.1) is 19.3 Å². The highest BCUT2D eigenvalue weighted by atomic mass is 35.5. The zero-order valence-electron chi connectivity index (χ0n) is 23.1. The predicted octanol–water partition coefficient (Wildman–Crippen LogP) is 7.41. The number of anilines is 1. The molecule has 3 aromatic rings. The molecule has 0 aliphatic carbocycles. The van der Waals surface area contributed by atoms with E-state index in [0.717, 1.165) is 34.6 Å². The van der Waals surface area contributed by atoms with E-state index in [-0.39, 0.29) is 24.3 Å². The van der Waals surface area contributed by atoms with Gasteiger partial charge in [0.25, 0.3) is 0 Å². The Balaban J connectivity index is 0.000000355. The van der Waals surface area contributed by atoms with Crippen molar-refractivity contribution in [2.24, 2.45) is 0 Å². The van der Waals surface area contributed by atoms with Crippen LogP contribution in [0, 0.1) is 6.92 Å². The van der Waals surface area contributed by atoms with Gasteiger partial charge in [-0.3, -0.25) is 9.59 Å². The molecule has 6 rings (SSSR count). The van der Waals surface area contributed by atoms with E-state index in [1.54, 1.807) is 12.1 Å². The lowest BCUT2D eigenvalue weighted by atomic mass is 9.67. The van der Waals surface area contributed by atoms with Crippen LogP contribution in [-0.2, 0) is 19.7 Å². The van der Waals surface area contributed by atoms with Gasteiger partial charge in [0.2, 0.25) is 11.8 Å². The van der Waals surface area contributed by atoms with Crippen molar-refractivity contribution in [1.29, 1.82) is 0 Å². The van der Waals surface area contributed by atoms with E-state index in [9.17, 15) is 9.59 Å². The molecule has 2 saturated heterocycles. The normalized spacial score (nSPS) is 21.7. The van der Waals surface area contributed by atoms with Gasteiger partial charge in [0.1, 0.15) is 17.3 Å². The fourth-order valence-electron chi connectivity index (χ4n) is 5.44. The Morgan fingerprint density at radius 1 is 0.925 bits per heavy atom. The van der Waals surface area contributed by atoms with Crippen LogP contribution in [0.25, 0.3) is 0 Å². The minimum Gasteiger partial charge on any atom is -0.490 e. The molecule has 40 heavy (non-hydrogen) atoms. The molecule has 0 saturated carbocycles. The summed E-state index contributed by atoms with van der Waals surface area (Å²) in [4.78, 5) is 26.0. The van der Waals surface area contributed by atoms with Crippen LogP contribution in [0.1, 0.15) is 62.3 Å². The second kappa shape index (κ2) is 13.5. The lowest BCUT2D eigenvalue weighted by molar-refractivity contribution is -0.130. The molecule has 1 spiro atoms. The third-order valence-corrected chi connectivity index (χ3v) is 7.82. The summed E-state index contributed by atoms with van der Waals surface area (Å²) in [5.41, 5.74) is 2.54. The van der Waals surface area contributed by atoms with Crippen LogP contribution >= 0.6 is 23.2 Å². The average Bonchev–Trinajstić information content (AvgIpc) is 3.23. The molecule has 8 heteroatoms. The topological polar surface area (TPSA) is 76.7 Å². The number of carbonyl (C=O) groups is 2. The van der Waals surface area contributed by atoms with Crippen LogP contribution < -0.4 is 15.4 Å². The molecule has 0 radical (unpaired) electrons. The monoisotopic (exact) mass is 582 g/mol. The van der Waals surface area contributed by atoms with E-state index in [4.69, 9.17) is 32.7 Å². The summed E-state index contributed by atoms with van der Waals surface area (Å²) in [7, 11) is 0. The maximum atomic E-state index is 13.4. The van der Waals surface area contributed by atoms with Gasteiger partial charge in [0, 0.05) is 40.6 Å². The summed E-state index contributed by atoms with van der Waals surface area (Å²) in [5, 5.41) is 7.47. The number of aryl methyl sites for hydroxylation is 1. The van der Waals surface area contributed by atoms with Crippen molar-refractivity contribution in [3.63, 3.8) is 0 Å². The molecule has 2 atom stereocenters. The molecule has 3 aromatic carbocycles. The second-order valence-corrected chi connectivity index (χ2v) is 10.8. The highest BCUT2D eigenvalue weighted by Crippen LogP contribution is 2.52. The fraction of sp³-hybridized carbons (Fsp3) is 0.375. The number of amides is 2. The van der Waals surface area contributed by atoms with Gasteiger partial charge >= 0.3 is 0 Å². The van der Waals surface area contributed by atoms with Crippen LogP contribution in [0.5, 0.6) is 5.75 Å². The molecule has 2 amide bonds. The molecule has 2 fully saturated rings. The highest BCUT2D eigenvalue weighted by molar-refractivity contribution is 6.31. The Labute approximate surface area is 246 Å². The summed E-state index contributed by atoms with van der Waals surface area (Å²) >= 11 is 11.7. The number of rotatable bonds is 3. The molecule has 6 nitrogen and oxygen atoms in total. The Bertz CT molecular complexity index is 1330. The summed E-state index contributed by atoms with van der Waals surface area (Å²) in [6.45, 7) is 7.35. The average molecular weight is 584 g/mol. The SMILES string of the molecule is CC.Cc1ccc(OC2CCOCC2)c([C@H]2NC(=O)CC[C@]23C(=O)Nc2cc(Cl)ccc23)c1.Clc1ccccc1. The smallest absolute Gasteiger partial charge is 0.237 e. The lowest BCUT2D eigenvalue weighted by Gasteiger charge is -2.41. The molecule has 3 aliphatic heterocycles. The Hall–Kier alpha value is -3.06. The zero-order valence-corrected chi connectivity index (χ0v) is 24.6. The minimum atomic E-state index is -0.907. The van der Waals surface area contributed by atoms with Crippen molar-refractivity contribution >= 4 is 40.7 Å². The highest BCUT2D eigenvalue weighted by Gasteiger charge is 2.56. The summed E-state index contributed by atoms with van der Waals surface area (Å²) in [6.07, 6.45) is 2.39. The molecular formula is C32H36Cl2N2O4. The number of nitrogens with one attached hydrogen (secondary N) is 2. The van der Waals surface area contributed by atoms with E-state index >= 15 is 0 Å². The Kier molecular flexibility index (Phi) is 10.1.